The number of para-hydroxylation sites is 1. The first-order chi connectivity index (χ1) is 11.5. The predicted molar refractivity (Wildman–Crippen MR) is 91.7 cm³/mol. The van der Waals surface area contributed by atoms with Crippen molar-refractivity contribution in [3.05, 3.63) is 47.3 Å². The fourth-order valence-electron chi connectivity index (χ4n) is 2.50. The molecule has 0 unspecified atom stereocenters. The molecular weight excluding hydrogens is 348 g/mol. The van der Waals surface area contributed by atoms with E-state index in [-0.39, 0.29) is 16.2 Å². The van der Waals surface area contributed by atoms with Gasteiger partial charge >= 0.3 is 0 Å². The summed E-state index contributed by atoms with van der Waals surface area (Å²) >= 11 is 1.11. The number of fused-ring (bicyclic) bond motifs is 1. The van der Waals surface area contributed by atoms with Crippen LogP contribution in [0, 0.1) is 0 Å². The Morgan fingerprint density at radius 2 is 2.12 bits per heavy atom. The first-order valence-corrected chi connectivity index (χ1v) is 9.90. The summed E-state index contributed by atoms with van der Waals surface area (Å²) in [5.74, 6) is 0.456. The molecule has 128 valence electrons. The van der Waals surface area contributed by atoms with E-state index in [0.717, 1.165) is 29.1 Å². The van der Waals surface area contributed by atoms with Gasteiger partial charge in [-0.15, -0.1) is 11.3 Å². The van der Waals surface area contributed by atoms with Gasteiger partial charge in [0.2, 0.25) is 5.91 Å². The zero-order valence-electron chi connectivity index (χ0n) is 13.1. The zero-order valence-corrected chi connectivity index (χ0v) is 14.7. The Morgan fingerprint density at radius 3 is 2.83 bits per heavy atom. The number of nitrogens with one attached hydrogen (secondary N) is 2. The van der Waals surface area contributed by atoms with Crippen LogP contribution in [0.2, 0.25) is 0 Å². The number of benzene rings is 1. The SMILES string of the molecule is C[C@@H](NS(=O)(=O)c1cccs1)C(=O)NC[C@@H]1Cc2ccccc2O1. The highest BCUT2D eigenvalue weighted by atomic mass is 32.2. The summed E-state index contributed by atoms with van der Waals surface area (Å²) in [5.41, 5.74) is 1.11. The van der Waals surface area contributed by atoms with E-state index in [9.17, 15) is 13.2 Å². The molecule has 1 aliphatic rings. The predicted octanol–water partition coefficient (Wildman–Crippen LogP) is 1.53. The molecule has 0 bridgehead atoms. The first-order valence-electron chi connectivity index (χ1n) is 7.54. The Hall–Kier alpha value is -1.90. The van der Waals surface area contributed by atoms with Crippen LogP contribution in [0.4, 0.5) is 0 Å². The Bertz CT molecular complexity index is 793. The minimum Gasteiger partial charge on any atom is -0.488 e. The van der Waals surface area contributed by atoms with Gasteiger partial charge in [0, 0.05) is 6.42 Å². The number of hydrogen-bond acceptors (Lipinski definition) is 5. The van der Waals surface area contributed by atoms with Crippen LogP contribution in [-0.2, 0) is 21.2 Å². The van der Waals surface area contributed by atoms with Crippen LogP contribution < -0.4 is 14.8 Å². The van der Waals surface area contributed by atoms with E-state index in [1.165, 1.54) is 13.0 Å². The van der Waals surface area contributed by atoms with Gasteiger partial charge in [0.15, 0.2) is 0 Å². The summed E-state index contributed by atoms with van der Waals surface area (Å²) in [4.78, 5) is 12.1. The van der Waals surface area contributed by atoms with Crippen LogP contribution in [0.1, 0.15) is 12.5 Å². The molecule has 3 rings (SSSR count). The molecule has 0 saturated carbocycles. The molecule has 2 N–H and O–H groups in total. The largest absolute Gasteiger partial charge is 0.488 e. The monoisotopic (exact) mass is 366 g/mol. The lowest BCUT2D eigenvalue weighted by molar-refractivity contribution is -0.122. The molecule has 8 heteroatoms. The molecule has 6 nitrogen and oxygen atoms in total. The highest BCUT2D eigenvalue weighted by molar-refractivity contribution is 7.91. The van der Waals surface area contributed by atoms with Crippen molar-refractivity contribution in [1.82, 2.24) is 10.0 Å². The van der Waals surface area contributed by atoms with Crippen LogP contribution in [0.5, 0.6) is 5.75 Å². The van der Waals surface area contributed by atoms with Crippen molar-refractivity contribution >= 4 is 27.3 Å². The van der Waals surface area contributed by atoms with Gasteiger partial charge in [-0.1, -0.05) is 24.3 Å². The molecule has 2 aromatic rings. The van der Waals surface area contributed by atoms with Crippen LogP contribution in [0.3, 0.4) is 0 Å². The van der Waals surface area contributed by atoms with Crippen molar-refractivity contribution in [1.29, 1.82) is 0 Å². The van der Waals surface area contributed by atoms with Gasteiger partial charge in [-0.3, -0.25) is 4.79 Å². The van der Waals surface area contributed by atoms with E-state index in [0.29, 0.717) is 6.54 Å². The van der Waals surface area contributed by atoms with Crippen molar-refractivity contribution < 1.29 is 17.9 Å². The van der Waals surface area contributed by atoms with Gasteiger partial charge in [-0.25, -0.2) is 8.42 Å². The molecule has 1 amide bonds. The van der Waals surface area contributed by atoms with Gasteiger partial charge < -0.3 is 10.1 Å². The quantitative estimate of drug-likeness (QED) is 0.812. The lowest BCUT2D eigenvalue weighted by atomic mass is 10.1. The van der Waals surface area contributed by atoms with Crippen LogP contribution >= 0.6 is 11.3 Å². The van der Waals surface area contributed by atoms with Crippen molar-refractivity contribution in [2.45, 2.75) is 29.7 Å². The average molecular weight is 366 g/mol. The fraction of sp³-hybridized carbons (Fsp3) is 0.312. The topological polar surface area (TPSA) is 84.5 Å². The van der Waals surface area contributed by atoms with Gasteiger partial charge in [0.1, 0.15) is 16.1 Å². The number of amides is 1. The number of hydrogen-bond donors (Lipinski definition) is 2. The normalized spacial score (nSPS) is 17.8. The maximum absolute atomic E-state index is 12.1. The second kappa shape index (κ2) is 6.92. The molecular formula is C16H18N2O4S2. The standard InChI is InChI=1S/C16H18N2O4S2/c1-11(18-24(20,21)15-7-4-8-23-15)16(19)17-10-13-9-12-5-2-3-6-14(12)22-13/h2-8,11,13,18H,9-10H2,1H3,(H,17,19)/t11-,13+/m1/s1. The number of thiophene rings is 1. The second-order valence-corrected chi connectivity index (χ2v) is 8.46. The summed E-state index contributed by atoms with van der Waals surface area (Å²) in [6.07, 6.45) is 0.596. The lowest BCUT2D eigenvalue weighted by Gasteiger charge is -2.16. The van der Waals surface area contributed by atoms with Crippen LogP contribution in [0.15, 0.2) is 46.0 Å². The average Bonchev–Trinajstić information content (AvgIpc) is 3.21. The van der Waals surface area contributed by atoms with Gasteiger partial charge in [-0.05, 0) is 30.0 Å². The maximum atomic E-state index is 12.1. The molecule has 0 radical (unpaired) electrons. The third-order valence-electron chi connectivity index (χ3n) is 3.70. The summed E-state index contributed by atoms with van der Waals surface area (Å²) in [6.45, 7) is 1.85. The Balaban J connectivity index is 1.51. The van der Waals surface area contributed by atoms with Crippen molar-refractivity contribution in [3.63, 3.8) is 0 Å². The first kappa shape index (κ1) is 16.9. The van der Waals surface area contributed by atoms with Crippen LogP contribution in [-0.4, -0.2) is 33.0 Å². The minimum atomic E-state index is -3.67. The molecule has 2 heterocycles. The van der Waals surface area contributed by atoms with Crippen molar-refractivity contribution in [3.8, 4) is 5.75 Å². The number of ether oxygens (including phenoxy) is 1. The molecule has 0 fully saturated rings. The molecule has 0 spiro atoms. The third-order valence-corrected chi connectivity index (χ3v) is 6.64. The van der Waals surface area contributed by atoms with E-state index in [4.69, 9.17) is 4.74 Å². The fourth-order valence-corrected chi connectivity index (χ4v) is 4.71. The van der Waals surface area contributed by atoms with Crippen LogP contribution in [0.25, 0.3) is 0 Å². The minimum absolute atomic E-state index is 0.132. The lowest BCUT2D eigenvalue weighted by Crippen LogP contribution is -2.46. The molecule has 1 aromatic heterocycles. The molecule has 1 aliphatic heterocycles. The van der Waals surface area contributed by atoms with Gasteiger partial charge in [0.05, 0.1) is 12.6 Å². The summed E-state index contributed by atoms with van der Waals surface area (Å²) < 4.78 is 32.5. The van der Waals surface area contributed by atoms with E-state index >= 15 is 0 Å². The van der Waals surface area contributed by atoms with E-state index < -0.39 is 16.1 Å². The van der Waals surface area contributed by atoms with Gasteiger partial charge in [-0.2, -0.15) is 4.72 Å². The highest BCUT2D eigenvalue weighted by Crippen LogP contribution is 2.27. The number of sulfonamides is 1. The van der Waals surface area contributed by atoms with E-state index in [1.807, 2.05) is 24.3 Å². The van der Waals surface area contributed by atoms with Gasteiger partial charge in [0.25, 0.3) is 10.0 Å². The highest BCUT2D eigenvalue weighted by Gasteiger charge is 2.26. The van der Waals surface area contributed by atoms with E-state index in [2.05, 4.69) is 10.0 Å². The number of carbonyl (C=O) groups is 1. The smallest absolute Gasteiger partial charge is 0.250 e. The Morgan fingerprint density at radius 1 is 1.33 bits per heavy atom. The summed E-state index contributed by atoms with van der Waals surface area (Å²) in [7, 11) is -3.67. The maximum Gasteiger partial charge on any atom is 0.250 e. The van der Waals surface area contributed by atoms with E-state index in [1.54, 1.807) is 11.4 Å². The molecule has 2 atom stereocenters. The zero-order chi connectivity index (χ0) is 17.2. The van der Waals surface area contributed by atoms with Crippen molar-refractivity contribution in [2.75, 3.05) is 6.54 Å². The number of rotatable bonds is 6. The number of carbonyl (C=O) groups excluding carboxylic acids is 1. The molecule has 0 aliphatic carbocycles. The Labute approximate surface area is 144 Å². The summed E-state index contributed by atoms with van der Waals surface area (Å²) in [5, 5.41) is 4.41. The second-order valence-electron chi connectivity index (χ2n) is 5.57. The summed E-state index contributed by atoms with van der Waals surface area (Å²) in [6, 6.07) is 10.0. The third kappa shape index (κ3) is 3.77. The molecule has 1 aromatic carbocycles. The van der Waals surface area contributed by atoms with Crippen molar-refractivity contribution in [2.24, 2.45) is 0 Å². The molecule has 24 heavy (non-hydrogen) atoms. The molecule has 0 saturated heterocycles. The Kier molecular flexibility index (Phi) is 4.88.